The lowest BCUT2D eigenvalue weighted by molar-refractivity contribution is -0.177. The molecule has 40 heavy (non-hydrogen) atoms. The second-order valence-corrected chi connectivity index (χ2v) is 13.6. The summed E-state index contributed by atoms with van der Waals surface area (Å²) in [6.07, 6.45) is 0.244. The van der Waals surface area contributed by atoms with Crippen molar-refractivity contribution in [2.45, 2.75) is 63.6 Å². The van der Waals surface area contributed by atoms with Crippen LogP contribution in [0.15, 0.2) is 58.4 Å². The number of benzene rings is 2. The number of rotatable bonds is 8. The molecule has 0 bridgehead atoms. The number of aliphatic imine (C=N–C) groups is 1. The maximum absolute atomic E-state index is 13.9. The molecule has 2 N–H and O–H groups in total. The zero-order valence-electron chi connectivity index (χ0n) is 22.4. The van der Waals surface area contributed by atoms with E-state index in [9.17, 15) is 18.0 Å². The average molecular weight is 612 g/mol. The summed E-state index contributed by atoms with van der Waals surface area (Å²) in [5.74, 6) is 3.64. The van der Waals surface area contributed by atoms with Gasteiger partial charge in [0.15, 0.2) is 6.23 Å². The Balaban J connectivity index is 1.63. The molecule has 0 aromatic heterocycles. The lowest BCUT2D eigenvalue weighted by Crippen LogP contribution is -2.49. The lowest BCUT2D eigenvalue weighted by atomic mass is 9.78. The molecule has 0 saturated carbocycles. The molecule has 3 atom stereocenters. The standard InChI is InChI=1S/C27H32Cl2N4O6S/c1-27(2,3)21(26(35)38-30)16-24-31-23(12-17-8-5-4-6-9-17)33(39-24)25(34)22-10-7-11-32(22)40(36,37)20-14-18(28)13-19(29)15-20/h4-6,8-9,13-15,21-22,24H,7,10-12,16,30H2,1-3H3/t21?,22-,24?/m0/s1. The number of nitrogens with zero attached hydrogens (tertiary/aromatic N) is 3. The molecule has 2 aliphatic heterocycles. The van der Waals surface area contributed by atoms with Crippen LogP contribution in [0.1, 0.15) is 45.6 Å². The van der Waals surface area contributed by atoms with E-state index < -0.39 is 45.5 Å². The van der Waals surface area contributed by atoms with Crippen molar-refractivity contribution in [3.05, 3.63) is 64.1 Å². The van der Waals surface area contributed by atoms with Gasteiger partial charge in [0.1, 0.15) is 11.9 Å². The minimum Gasteiger partial charge on any atom is -0.373 e. The highest BCUT2D eigenvalue weighted by atomic mass is 35.5. The Morgan fingerprint density at radius 2 is 1.80 bits per heavy atom. The highest BCUT2D eigenvalue weighted by Gasteiger charge is 2.46. The summed E-state index contributed by atoms with van der Waals surface area (Å²) < 4.78 is 28.3. The van der Waals surface area contributed by atoms with Crippen LogP contribution in [-0.2, 0) is 35.7 Å². The van der Waals surface area contributed by atoms with E-state index in [2.05, 4.69) is 9.83 Å². The minimum atomic E-state index is -4.10. The Morgan fingerprint density at radius 1 is 1.15 bits per heavy atom. The number of sulfonamides is 1. The molecule has 2 aliphatic rings. The van der Waals surface area contributed by atoms with Gasteiger partial charge in [-0.05, 0) is 42.0 Å². The zero-order valence-corrected chi connectivity index (χ0v) is 24.7. The van der Waals surface area contributed by atoms with Crippen LogP contribution in [0.5, 0.6) is 0 Å². The molecule has 0 radical (unpaired) electrons. The van der Waals surface area contributed by atoms with E-state index in [0.29, 0.717) is 18.7 Å². The molecule has 2 unspecified atom stereocenters. The first kappa shape index (κ1) is 30.4. The third-order valence-corrected chi connectivity index (χ3v) is 9.30. The van der Waals surface area contributed by atoms with E-state index in [0.717, 1.165) is 14.9 Å². The summed E-state index contributed by atoms with van der Waals surface area (Å²) in [6.45, 7) is 5.74. The molecule has 0 spiro atoms. The fraction of sp³-hybridized carbons (Fsp3) is 0.444. The van der Waals surface area contributed by atoms with Crippen molar-refractivity contribution >= 4 is 50.9 Å². The van der Waals surface area contributed by atoms with E-state index in [1.54, 1.807) is 0 Å². The Labute approximate surface area is 244 Å². The van der Waals surface area contributed by atoms with Gasteiger partial charge in [0, 0.05) is 29.4 Å². The molecular formula is C27H32Cl2N4O6S. The van der Waals surface area contributed by atoms with E-state index in [1.807, 2.05) is 51.1 Å². The molecule has 1 amide bonds. The maximum Gasteiger partial charge on any atom is 0.328 e. The molecule has 1 saturated heterocycles. The number of carbonyl (C=O) groups is 2. The SMILES string of the molecule is CC(C)(C)C(CC1N=C(Cc2ccccc2)N(C(=O)[C@@H]2CCCN2S(=O)(=O)c2cc(Cl)cc(Cl)c2)O1)C(=O)ON. The molecule has 10 nitrogen and oxygen atoms in total. The molecular weight excluding hydrogens is 579 g/mol. The van der Waals surface area contributed by atoms with Gasteiger partial charge < -0.3 is 4.84 Å². The second-order valence-electron chi connectivity index (χ2n) is 10.9. The highest BCUT2D eigenvalue weighted by molar-refractivity contribution is 7.89. The smallest absolute Gasteiger partial charge is 0.328 e. The van der Waals surface area contributed by atoms with Gasteiger partial charge >= 0.3 is 5.97 Å². The van der Waals surface area contributed by atoms with Gasteiger partial charge in [-0.1, -0.05) is 74.3 Å². The predicted molar refractivity (Wildman–Crippen MR) is 151 cm³/mol. The molecule has 2 aromatic rings. The van der Waals surface area contributed by atoms with Gasteiger partial charge in [0.25, 0.3) is 5.91 Å². The van der Waals surface area contributed by atoms with Gasteiger partial charge in [-0.15, -0.1) is 0 Å². The van der Waals surface area contributed by atoms with Gasteiger partial charge in [-0.25, -0.2) is 18.2 Å². The fourth-order valence-electron chi connectivity index (χ4n) is 4.91. The topological polar surface area (TPSA) is 132 Å². The van der Waals surface area contributed by atoms with Gasteiger partial charge in [-0.3, -0.25) is 9.59 Å². The van der Waals surface area contributed by atoms with Crippen molar-refractivity contribution in [1.82, 2.24) is 9.37 Å². The van der Waals surface area contributed by atoms with Crippen molar-refractivity contribution in [2.75, 3.05) is 6.54 Å². The Morgan fingerprint density at radius 3 is 2.40 bits per heavy atom. The third-order valence-electron chi connectivity index (χ3n) is 6.97. The molecule has 13 heteroatoms. The van der Waals surface area contributed by atoms with Crippen molar-refractivity contribution in [3.8, 4) is 0 Å². The lowest BCUT2D eigenvalue weighted by Gasteiger charge is -2.30. The summed E-state index contributed by atoms with van der Waals surface area (Å²) in [6, 6.07) is 12.4. The minimum absolute atomic E-state index is 0.101. The largest absolute Gasteiger partial charge is 0.373 e. The molecule has 1 fully saturated rings. The molecule has 4 rings (SSSR count). The van der Waals surface area contributed by atoms with Crippen molar-refractivity contribution in [2.24, 2.45) is 22.2 Å². The van der Waals surface area contributed by atoms with Crippen LogP contribution in [0.3, 0.4) is 0 Å². The van der Waals surface area contributed by atoms with Crippen LogP contribution in [0, 0.1) is 11.3 Å². The first-order valence-corrected chi connectivity index (χ1v) is 15.0. The molecule has 0 aliphatic carbocycles. The first-order valence-electron chi connectivity index (χ1n) is 12.8. The summed E-state index contributed by atoms with van der Waals surface area (Å²) in [4.78, 5) is 41.5. The number of hydroxylamine groups is 2. The van der Waals surface area contributed by atoms with Gasteiger partial charge in [0.2, 0.25) is 10.0 Å². The predicted octanol–water partition coefficient (Wildman–Crippen LogP) is 4.36. The van der Waals surface area contributed by atoms with Gasteiger partial charge in [-0.2, -0.15) is 15.3 Å². The van der Waals surface area contributed by atoms with E-state index >= 15 is 0 Å². The first-order chi connectivity index (χ1) is 18.8. The monoisotopic (exact) mass is 610 g/mol. The van der Waals surface area contributed by atoms with Crippen LogP contribution < -0.4 is 5.90 Å². The van der Waals surface area contributed by atoms with Crippen LogP contribution in [-0.4, -0.2) is 54.3 Å². The van der Waals surface area contributed by atoms with Gasteiger partial charge in [0.05, 0.1) is 10.8 Å². The summed E-state index contributed by atoms with van der Waals surface area (Å²) >= 11 is 12.1. The summed E-state index contributed by atoms with van der Waals surface area (Å²) in [7, 11) is -4.10. The van der Waals surface area contributed by atoms with Crippen molar-refractivity contribution in [1.29, 1.82) is 0 Å². The van der Waals surface area contributed by atoms with Crippen molar-refractivity contribution in [3.63, 3.8) is 0 Å². The number of amides is 1. The van der Waals surface area contributed by atoms with Crippen LogP contribution in [0.4, 0.5) is 0 Å². The number of carbonyl (C=O) groups excluding carboxylic acids is 2. The molecule has 2 heterocycles. The molecule has 216 valence electrons. The van der Waals surface area contributed by atoms with Crippen LogP contribution >= 0.6 is 23.2 Å². The molecule has 2 aromatic carbocycles. The van der Waals surface area contributed by atoms with Crippen LogP contribution in [0.25, 0.3) is 0 Å². The number of amidine groups is 1. The zero-order chi connectivity index (χ0) is 29.2. The van der Waals surface area contributed by atoms with Crippen LogP contribution in [0.2, 0.25) is 10.0 Å². The van der Waals surface area contributed by atoms with E-state index in [4.69, 9.17) is 33.9 Å². The highest BCUT2D eigenvalue weighted by Crippen LogP contribution is 2.35. The Kier molecular flexibility index (Phi) is 9.23. The summed E-state index contributed by atoms with van der Waals surface area (Å²) in [5.41, 5.74) is 0.350. The van der Waals surface area contributed by atoms with Crippen molar-refractivity contribution < 1.29 is 27.7 Å². The Hall–Kier alpha value is -2.54. The number of nitrogens with two attached hydrogens (primary N) is 1. The Bertz CT molecular complexity index is 1380. The van der Waals surface area contributed by atoms with E-state index in [1.165, 1.54) is 18.2 Å². The quantitative estimate of drug-likeness (QED) is 0.439. The number of hydrogen-bond donors (Lipinski definition) is 1. The van der Waals surface area contributed by atoms with E-state index in [-0.39, 0.29) is 34.3 Å². The maximum atomic E-state index is 13.9. The third kappa shape index (κ3) is 6.67. The number of hydrogen-bond acceptors (Lipinski definition) is 8. The average Bonchev–Trinajstić information content (AvgIpc) is 3.54. The number of halogens is 2. The normalized spacial score (nSPS) is 20.9. The second kappa shape index (κ2) is 12.1. The fourth-order valence-corrected chi connectivity index (χ4v) is 7.28. The summed E-state index contributed by atoms with van der Waals surface area (Å²) in [5, 5.41) is 1.41.